The topological polar surface area (TPSA) is 46.2 Å². The molecule has 0 aliphatic rings. The predicted molar refractivity (Wildman–Crippen MR) is 81.9 cm³/mol. The summed E-state index contributed by atoms with van der Waals surface area (Å²) in [7, 11) is -3.84. The minimum Gasteiger partial charge on any atom is -0.207 e. The Morgan fingerprint density at radius 3 is 2.38 bits per heavy atom. The summed E-state index contributed by atoms with van der Waals surface area (Å²) in [6.07, 6.45) is 0. The van der Waals surface area contributed by atoms with Gasteiger partial charge >= 0.3 is 0 Å². The molecule has 0 atom stereocenters. The highest BCUT2D eigenvalue weighted by Crippen LogP contribution is 2.25. The van der Waals surface area contributed by atoms with Gasteiger partial charge in [-0.25, -0.2) is 17.5 Å². The zero-order valence-electron chi connectivity index (χ0n) is 10.4. The van der Waals surface area contributed by atoms with Crippen LogP contribution in [0.5, 0.6) is 0 Å². The molecule has 112 valence electrons. The molecule has 0 aliphatic carbocycles. The molecule has 0 saturated heterocycles. The summed E-state index contributed by atoms with van der Waals surface area (Å²) in [5.41, 5.74) is 0.517. The van der Waals surface area contributed by atoms with Crippen LogP contribution >= 0.6 is 34.8 Å². The van der Waals surface area contributed by atoms with Gasteiger partial charge in [0.15, 0.2) is 0 Å². The van der Waals surface area contributed by atoms with Gasteiger partial charge in [-0.05, 0) is 35.9 Å². The Bertz CT molecular complexity index is 781. The number of benzene rings is 2. The van der Waals surface area contributed by atoms with E-state index in [2.05, 4.69) is 4.72 Å². The lowest BCUT2D eigenvalue weighted by molar-refractivity contribution is 0.581. The summed E-state index contributed by atoms with van der Waals surface area (Å²) in [5, 5.41) is 0.237. The Kier molecular flexibility index (Phi) is 5.11. The number of rotatable bonds is 4. The molecular formula is C13H9Cl3FNO2S. The predicted octanol–water partition coefficient (Wildman–Crippen LogP) is 4.26. The second-order valence-corrected chi connectivity index (χ2v) is 7.13. The van der Waals surface area contributed by atoms with Crippen LogP contribution in [-0.4, -0.2) is 8.42 Å². The minimum atomic E-state index is -3.84. The van der Waals surface area contributed by atoms with Crippen LogP contribution in [0.1, 0.15) is 5.56 Å². The van der Waals surface area contributed by atoms with Crippen LogP contribution in [0, 0.1) is 5.82 Å². The van der Waals surface area contributed by atoms with E-state index in [1.54, 1.807) is 0 Å². The molecule has 8 heteroatoms. The first-order valence-corrected chi connectivity index (χ1v) is 8.30. The minimum absolute atomic E-state index is 0.0504. The van der Waals surface area contributed by atoms with Gasteiger partial charge in [0.1, 0.15) is 10.7 Å². The summed E-state index contributed by atoms with van der Waals surface area (Å²) in [4.78, 5) is -0.120. The zero-order valence-corrected chi connectivity index (χ0v) is 13.5. The third-order valence-corrected chi connectivity index (χ3v) is 5.04. The Labute approximate surface area is 136 Å². The number of nitrogens with one attached hydrogen (secondary N) is 1. The second kappa shape index (κ2) is 6.50. The van der Waals surface area contributed by atoms with Gasteiger partial charge in [0.25, 0.3) is 0 Å². The average molecular weight is 369 g/mol. The molecular weight excluding hydrogens is 360 g/mol. The largest absolute Gasteiger partial charge is 0.242 e. The average Bonchev–Trinajstić information content (AvgIpc) is 2.43. The molecule has 1 N–H and O–H groups in total. The standard InChI is InChI=1S/C13H9Cl3FNO2S/c14-9-2-3-10(15)13(6-9)21(19,20)18-7-8-1-4-12(17)11(16)5-8/h1-6,18H,7H2. The van der Waals surface area contributed by atoms with Gasteiger partial charge in [-0.3, -0.25) is 0 Å². The molecule has 0 fully saturated rings. The molecule has 0 unspecified atom stereocenters. The van der Waals surface area contributed by atoms with Gasteiger partial charge in [0, 0.05) is 11.6 Å². The molecule has 2 rings (SSSR count). The van der Waals surface area contributed by atoms with E-state index in [4.69, 9.17) is 34.8 Å². The van der Waals surface area contributed by atoms with Crippen molar-refractivity contribution in [2.75, 3.05) is 0 Å². The third-order valence-electron chi connectivity index (χ3n) is 2.63. The fourth-order valence-corrected chi connectivity index (χ4v) is 3.57. The van der Waals surface area contributed by atoms with Gasteiger partial charge in [0.2, 0.25) is 10.0 Å². The molecule has 21 heavy (non-hydrogen) atoms. The van der Waals surface area contributed by atoms with Crippen molar-refractivity contribution in [3.63, 3.8) is 0 Å². The number of hydrogen-bond donors (Lipinski definition) is 1. The smallest absolute Gasteiger partial charge is 0.207 e. The quantitative estimate of drug-likeness (QED) is 0.876. The van der Waals surface area contributed by atoms with E-state index in [0.717, 1.165) is 0 Å². The van der Waals surface area contributed by atoms with Crippen LogP contribution in [0.25, 0.3) is 0 Å². The van der Waals surface area contributed by atoms with Gasteiger partial charge in [-0.15, -0.1) is 0 Å². The third kappa shape index (κ3) is 4.08. The fourth-order valence-electron chi connectivity index (χ4n) is 1.59. The summed E-state index contributed by atoms with van der Waals surface area (Å²) in [5.74, 6) is -0.568. The van der Waals surface area contributed by atoms with E-state index < -0.39 is 15.8 Å². The molecule has 0 bridgehead atoms. The molecule has 0 saturated carbocycles. The maximum atomic E-state index is 13.0. The highest BCUT2D eigenvalue weighted by Gasteiger charge is 2.18. The highest BCUT2D eigenvalue weighted by atomic mass is 35.5. The van der Waals surface area contributed by atoms with E-state index in [1.165, 1.54) is 36.4 Å². The van der Waals surface area contributed by atoms with Crippen molar-refractivity contribution in [1.29, 1.82) is 0 Å². The second-order valence-electron chi connectivity index (χ2n) is 4.15. The molecule has 0 amide bonds. The Hall–Kier alpha value is -0.850. The molecule has 2 aromatic rings. The maximum absolute atomic E-state index is 13.0. The first kappa shape index (κ1) is 16.5. The van der Waals surface area contributed by atoms with E-state index >= 15 is 0 Å². The van der Waals surface area contributed by atoms with E-state index in [-0.39, 0.29) is 26.5 Å². The first-order valence-electron chi connectivity index (χ1n) is 5.68. The summed E-state index contributed by atoms with van der Waals surface area (Å²) >= 11 is 17.3. The van der Waals surface area contributed by atoms with Crippen LogP contribution < -0.4 is 4.72 Å². The Morgan fingerprint density at radius 1 is 1.00 bits per heavy atom. The van der Waals surface area contributed by atoms with Crippen LogP contribution in [0.2, 0.25) is 15.1 Å². The van der Waals surface area contributed by atoms with Crippen molar-refractivity contribution in [3.05, 3.63) is 62.8 Å². The van der Waals surface area contributed by atoms with Crippen molar-refractivity contribution in [3.8, 4) is 0 Å². The van der Waals surface area contributed by atoms with Gasteiger partial charge in [0.05, 0.1) is 10.0 Å². The van der Waals surface area contributed by atoms with Crippen molar-refractivity contribution < 1.29 is 12.8 Å². The van der Waals surface area contributed by atoms with Gasteiger partial charge < -0.3 is 0 Å². The van der Waals surface area contributed by atoms with Crippen LogP contribution in [0.4, 0.5) is 4.39 Å². The molecule has 0 aromatic heterocycles. The highest BCUT2D eigenvalue weighted by molar-refractivity contribution is 7.89. The van der Waals surface area contributed by atoms with Crippen molar-refractivity contribution in [2.45, 2.75) is 11.4 Å². The number of hydrogen-bond acceptors (Lipinski definition) is 2. The Morgan fingerprint density at radius 2 is 1.71 bits per heavy atom. The first-order chi connectivity index (χ1) is 9.79. The number of sulfonamides is 1. The molecule has 3 nitrogen and oxygen atoms in total. The molecule has 2 aromatic carbocycles. The normalized spacial score (nSPS) is 11.6. The van der Waals surface area contributed by atoms with E-state index in [0.29, 0.717) is 5.56 Å². The Balaban J connectivity index is 2.21. The van der Waals surface area contributed by atoms with E-state index in [1.807, 2.05) is 0 Å². The summed E-state index contributed by atoms with van der Waals surface area (Å²) in [6, 6.07) is 8.08. The van der Waals surface area contributed by atoms with Crippen LogP contribution in [0.3, 0.4) is 0 Å². The number of halogens is 4. The maximum Gasteiger partial charge on any atom is 0.242 e. The lowest BCUT2D eigenvalue weighted by Crippen LogP contribution is -2.23. The molecule has 0 radical (unpaired) electrons. The molecule has 0 spiro atoms. The van der Waals surface area contributed by atoms with Crippen molar-refractivity contribution >= 4 is 44.8 Å². The van der Waals surface area contributed by atoms with Gasteiger partial charge in [-0.1, -0.05) is 40.9 Å². The lowest BCUT2D eigenvalue weighted by Gasteiger charge is -2.09. The van der Waals surface area contributed by atoms with Crippen molar-refractivity contribution in [2.24, 2.45) is 0 Å². The summed E-state index contributed by atoms with van der Waals surface area (Å²) < 4.78 is 39.7. The molecule has 0 aliphatic heterocycles. The monoisotopic (exact) mass is 367 g/mol. The summed E-state index contributed by atoms with van der Waals surface area (Å²) in [6.45, 7) is -0.0504. The molecule has 0 heterocycles. The zero-order chi connectivity index (χ0) is 15.6. The fraction of sp³-hybridized carbons (Fsp3) is 0.0769. The SMILES string of the molecule is O=S(=O)(NCc1ccc(F)c(Cl)c1)c1cc(Cl)ccc1Cl. The van der Waals surface area contributed by atoms with Crippen LogP contribution in [-0.2, 0) is 16.6 Å². The van der Waals surface area contributed by atoms with E-state index in [9.17, 15) is 12.8 Å². The lowest BCUT2D eigenvalue weighted by atomic mass is 10.2. The van der Waals surface area contributed by atoms with Crippen LogP contribution in [0.15, 0.2) is 41.3 Å². The van der Waals surface area contributed by atoms with Crippen molar-refractivity contribution in [1.82, 2.24) is 4.72 Å². The van der Waals surface area contributed by atoms with Gasteiger partial charge in [-0.2, -0.15) is 0 Å².